The molecule has 1 heterocycles. The van der Waals surface area contributed by atoms with E-state index in [9.17, 15) is 5.11 Å². The van der Waals surface area contributed by atoms with Crippen molar-refractivity contribution in [1.29, 1.82) is 0 Å². The molecular weight excluding hydrogens is 260 g/mol. The predicted octanol–water partition coefficient (Wildman–Crippen LogP) is 3.27. The Hall–Kier alpha value is -2.39. The first kappa shape index (κ1) is 13.6. The number of benzene rings is 2. The van der Waals surface area contributed by atoms with Gasteiger partial charge in [0.15, 0.2) is 0 Å². The van der Waals surface area contributed by atoms with Crippen LogP contribution in [0.2, 0.25) is 0 Å². The summed E-state index contributed by atoms with van der Waals surface area (Å²) >= 11 is 0. The fourth-order valence-corrected chi connectivity index (χ4v) is 2.37. The summed E-state index contributed by atoms with van der Waals surface area (Å²) in [5.74, 6) is 0.317. The van der Waals surface area contributed by atoms with E-state index in [-0.39, 0.29) is 0 Å². The highest BCUT2D eigenvalue weighted by Crippen LogP contribution is 2.14. The molecule has 0 bridgehead atoms. The van der Waals surface area contributed by atoms with Crippen molar-refractivity contribution in [3.63, 3.8) is 0 Å². The molecule has 1 aromatic heterocycles. The van der Waals surface area contributed by atoms with Gasteiger partial charge in [-0.15, -0.1) is 0 Å². The Balaban J connectivity index is 1.53. The van der Waals surface area contributed by atoms with Crippen molar-refractivity contribution in [3.8, 4) is 5.75 Å². The van der Waals surface area contributed by atoms with Crippen molar-refractivity contribution >= 4 is 10.8 Å². The van der Waals surface area contributed by atoms with E-state index < -0.39 is 0 Å². The fraction of sp³-hybridized carbons (Fsp3) is 0.167. The van der Waals surface area contributed by atoms with E-state index in [1.807, 2.05) is 30.6 Å². The summed E-state index contributed by atoms with van der Waals surface area (Å²) in [6, 6.07) is 15.9. The van der Waals surface area contributed by atoms with Gasteiger partial charge in [0, 0.05) is 24.3 Å². The third-order valence-electron chi connectivity index (χ3n) is 3.56. The number of hydrogen-bond acceptors (Lipinski definition) is 3. The molecule has 0 radical (unpaired) electrons. The second-order valence-electron chi connectivity index (χ2n) is 5.15. The SMILES string of the molecule is Oc1ccc(CCNCc2ccc3cnccc3c2)cc1. The zero-order valence-corrected chi connectivity index (χ0v) is 11.8. The number of nitrogens with one attached hydrogen (secondary N) is 1. The highest BCUT2D eigenvalue weighted by Gasteiger charge is 1.97. The normalized spacial score (nSPS) is 10.9. The van der Waals surface area contributed by atoms with E-state index in [0.717, 1.165) is 19.5 Å². The van der Waals surface area contributed by atoms with E-state index in [1.165, 1.54) is 21.9 Å². The molecule has 0 aliphatic heterocycles. The smallest absolute Gasteiger partial charge is 0.115 e. The molecule has 3 nitrogen and oxygen atoms in total. The second-order valence-corrected chi connectivity index (χ2v) is 5.15. The van der Waals surface area contributed by atoms with Gasteiger partial charge >= 0.3 is 0 Å². The topological polar surface area (TPSA) is 45.1 Å². The molecular formula is C18H18N2O. The first-order valence-electron chi connectivity index (χ1n) is 7.12. The molecule has 0 aliphatic rings. The average Bonchev–Trinajstić information content (AvgIpc) is 2.53. The van der Waals surface area contributed by atoms with Crippen molar-refractivity contribution in [2.75, 3.05) is 6.54 Å². The molecule has 0 atom stereocenters. The first-order valence-corrected chi connectivity index (χ1v) is 7.12. The molecule has 106 valence electrons. The van der Waals surface area contributed by atoms with Crippen LogP contribution in [-0.4, -0.2) is 16.6 Å². The molecule has 0 saturated heterocycles. The molecule has 2 N–H and O–H groups in total. The third-order valence-corrected chi connectivity index (χ3v) is 3.56. The highest BCUT2D eigenvalue weighted by atomic mass is 16.3. The van der Waals surface area contributed by atoms with E-state index in [1.54, 1.807) is 12.1 Å². The van der Waals surface area contributed by atoms with Crippen LogP contribution in [0.3, 0.4) is 0 Å². The number of phenolic OH excluding ortho intramolecular Hbond substituents is 1. The van der Waals surface area contributed by atoms with Gasteiger partial charge in [0.25, 0.3) is 0 Å². The van der Waals surface area contributed by atoms with Gasteiger partial charge < -0.3 is 10.4 Å². The first-order chi connectivity index (χ1) is 10.3. The molecule has 2 aromatic carbocycles. The number of nitrogens with zero attached hydrogens (tertiary/aromatic N) is 1. The molecule has 3 heteroatoms. The number of pyridine rings is 1. The molecule has 21 heavy (non-hydrogen) atoms. The molecule has 3 rings (SSSR count). The number of aromatic nitrogens is 1. The Kier molecular flexibility index (Phi) is 4.12. The maximum Gasteiger partial charge on any atom is 0.115 e. The maximum atomic E-state index is 9.24. The van der Waals surface area contributed by atoms with Crippen LogP contribution in [0.1, 0.15) is 11.1 Å². The number of phenols is 1. The Morgan fingerprint density at radius 3 is 2.57 bits per heavy atom. The lowest BCUT2D eigenvalue weighted by molar-refractivity contribution is 0.475. The highest BCUT2D eigenvalue weighted by molar-refractivity contribution is 5.81. The second kappa shape index (κ2) is 6.37. The summed E-state index contributed by atoms with van der Waals surface area (Å²) in [5, 5.41) is 15.1. The molecule has 0 fully saturated rings. The third kappa shape index (κ3) is 3.58. The Bertz CT molecular complexity index is 723. The number of fused-ring (bicyclic) bond motifs is 1. The van der Waals surface area contributed by atoms with Gasteiger partial charge in [-0.05, 0) is 53.7 Å². The molecule has 0 spiro atoms. The van der Waals surface area contributed by atoms with Crippen LogP contribution in [0.5, 0.6) is 5.75 Å². The van der Waals surface area contributed by atoms with Crippen LogP contribution < -0.4 is 5.32 Å². The van der Waals surface area contributed by atoms with Crippen LogP contribution >= 0.6 is 0 Å². The van der Waals surface area contributed by atoms with Gasteiger partial charge in [-0.1, -0.05) is 24.3 Å². The van der Waals surface area contributed by atoms with Crippen LogP contribution in [-0.2, 0) is 13.0 Å². The Morgan fingerprint density at radius 2 is 1.71 bits per heavy atom. The summed E-state index contributed by atoms with van der Waals surface area (Å²) in [6.07, 6.45) is 4.67. The van der Waals surface area contributed by atoms with Gasteiger partial charge in [0.05, 0.1) is 0 Å². The van der Waals surface area contributed by atoms with E-state index >= 15 is 0 Å². The fourth-order valence-electron chi connectivity index (χ4n) is 2.37. The number of hydrogen-bond donors (Lipinski definition) is 2. The van der Waals surface area contributed by atoms with Crippen molar-refractivity contribution in [1.82, 2.24) is 10.3 Å². The molecule has 0 saturated carbocycles. The Labute approximate surface area is 124 Å². The van der Waals surface area contributed by atoms with Crippen molar-refractivity contribution in [2.45, 2.75) is 13.0 Å². The maximum absolute atomic E-state index is 9.24. The van der Waals surface area contributed by atoms with E-state index in [0.29, 0.717) is 5.75 Å². The summed E-state index contributed by atoms with van der Waals surface area (Å²) < 4.78 is 0. The Morgan fingerprint density at radius 1 is 0.905 bits per heavy atom. The standard InChI is InChI=1S/C18H18N2O/c21-18-5-2-14(3-6-18)7-9-19-12-15-1-4-17-13-20-10-8-16(17)11-15/h1-6,8,10-11,13,19,21H,7,9,12H2. The average molecular weight is 278 g/mol. The molecule has 0 aliphatic carbocycles. The van der Waals surface area contributed by atoms with Gasteiger partial charge in [0.2, 0.25) is 0 Å². The largest absolute Gasteiger partial charge is 0.508 e. The zero-order valence-electron chi connectivity index (χ0n) is 11.8. The number of aromatic hydroxyl groups is 1. The molecule has 0 unspecified atom stereocenters. The predicted molar refractivity (Wildman–Crippen MR) is 85.3 cm³/mol. The lowest BCUT2D eigenvalue weighted by Gasteiger charge is -2.06. The zero-order chi connectivity index (χ0) is 14.5. The van der Waals surface area contributed by atoms with E-state index in [4.69, 9.17) is 0 Å². The van der Waals surface area contributed by atoms with Crippen molar-refractivity contribution in [2.24, 2.45) is 0 Å². The van der Waals surface area contributed by atoms with Crippen molar-refractivity contribution < 1.29 is 5.11 Å². The minimum Gasteiger partial charge on any atom is -0.508 e. The van der Waals surface area contributed by atoms with Gasteiger partial charge in [-0.3, -0.25) is 4.98 Å². The lowest BCUT2D eigenvalue weighted by Crippen LogP contribution is -2.16. The summed E-state index contributed by atoms with van der Waals surface area (Å²) in [6.45, 7) is 1.77. The summed E-state index contributed by atoms with van der Waals surface area (Å²) in [7, 11) is 0. The molecule has 3 aromatic rings. The van der Waals surface area contributed by atoms with Crippen LogP contribution in [0, 0.1) is 0 Å². The van der Waals surface area contributed by atoms with Crippen LogP contribution in [0.4, 0.5) is 0 Å². The van der Waals surface area contributed by atoms with Crippen LogP contribution in [0.15, 0.2) is 60.9 Å². The molecule has 0 amide bonds. The summed E-state index contributed by atoms with van der Waals surface area (Å²) in [4.78, 5) is 4.12. The van der Waals surface area contributed by atoms with Crippen molar-refractivity contribution in [3.05, 3.63) is 72.1 Å². The van der Waals surface area contributed by atoms with Crippen LogP contribution in [0.25, 0.3) is 10.8 Å². The minimum atomic E-state index is 0.317. The lowest BCUT2D eigenvalue weighted by atomic mass is 10.1. The minimum absolute atomic E-state index is 0.317. The van der Waals surface area contributed by atoms with E-state index in [2.05, 4.69) is 28.5 Å². The van der Waals surface area contributed by atoms with Gasteiger partial charge in [0.1, 0.15) is 5.75 Å². The van der Waals surface area contributed by atoms with Gasteiger partial charge in [-0.25, -0.2) is 0 Å². The number of rotatable bonds is 5. The summed E-state index contributed by atoms with van der Waals surface area (Å²) in [5.41, 5.74) is 2.50. The quantitative estimate of drug-likeness (QED) is 0.704. The monoisotopic (exact) mass is 278 g/mol. The van der Waals surface area contributed by atoms with Gasteiger partial charge in [-0.2, -0.15) is 0 Å².